The maximum Gasteiger partial charge on any atom is 0.435 e. The van der Waals surface area contributed by atoms with E-state index in [1.54, 1.807) is 37.3 Å². The summed E-state index contributed by atoms with van der Waals surface area (Å²) >= 11 is 0. The molecule has 0 radical (unpaired) electrons. The number of fused-ring (bicyclic) bond motifs is 1. The monoisotopic (exact) mass is 376 g/mol. The molecule has 0 aliphatic heterocycles. The highest BCUT2D eigenvalue weighted by atomic mass is 19.4. The first-order valence-electron chi connectivity index (χ1n) is 8.95. The first kappa shape index (κ1) is 19.2. The number of nitrogens with one attached hydrogen (secondary N) is 1. The molecular weight excluding hydrogens is 353 g/mol. The Bertz CT molecular complexity index is 941. The summed E-state index contributed by atoms with van der Waals surface area (Å²) in [5.74, 6) is 1.00. The van der Waals surface area contributed by atoms with E-state index in [0.29, 0.717) is 29.5 Å². The molecule has 0 unspecified atom stereocenters. The predicted molar refractivity (Wildman–Crippen MR) is 101 cm³/mol. The lowest BCUT2D eigenvalue weighted by Crippen LogP contribution is -2.11. The molecule has 2 aromatic heterocycles. The van der Waals surface area contributed by atoms with Crippen molar-refractivity contribution in [3.8, 4) is 11.1 Å². The lowest BCUT2D eigenvalue weighted by Gasteiger charge is -2.11. The molecule has 0 aliphatic carbocycles. The van der Waals surface area contributed by atoms with Crippen molar-refractivity contribution < 1.29 is 13.2 Å². The molecule has 0 fully saturated rings. The molecule has 7 heteroatoms. The number of hydrogen-bond donors (Lipinski definition) is 1. The quantitative estimate of drug-likeness (QED) is 0.640. The van der Waals surface area contributed by atoms with Gasteiger partial charge in [-0.25, -0.2) is 4.98 Å². The molecule has 3 rings (SSSR count). The molecule has 1 aromatic carbocycles. The van der Waals surface area contributed by atoms with Crippen LogP contribution in [0.25, 0.3) is 16.8 Å². The van der Waals surface area contributed by atoms with Crippen LogP contribution < -0.4 is 5.32 Å². The predicted octanol–water partition coefficient (Wildman–Crippen LogP) is 5.49. The van der Waals surface area contributed by atoms with Gasteiger partial charge in [-0.05, 0) is 31.7 Å². The van der Waals surface area contributed by atoms with Crippen molar-refractivity contribution >= 4 is 11.5 Å². The second kappa shape index (κ2) is 7.21. The summed E-state index contributed by atoms with van der Waals surface area (Å²) in [7, 11) is 0. The summed E-state index contributed by atoms with van der Waals surface area (Å²) in [6.45, 7) is 8.51. The Balaban J connectivity index is 2.20. The Morgan fingerprint density at radius 1 is 1.11 bits per heavy atom. The Hall–Kier alpha value is -2.57. The first-order chi connectivity index (χ1) is 12.7. The lowest BCUT2D eigenvalue weighted by atomic mass is 10.0. The highest BCUT2D eigenvalue weighted by Gasteiger charge is 2.39. The molecule has 0 spiro atoms. The molecule has 0 atom stereocenters. The van der Waals surface area contributed by atoms with Crippen LogP contribution in [0.15, 0.2) is 30.3 Å². The number of halogens is 3. The fraction of sp³-hybridized carbons (Fsp3) is 0.400. The number of aryl methyl sites for hydroxylation is 2. The third-order valence-electron chi connectivity index (χ3n) is 4.35. The number of alkyl halides is 3. The molecule has 1 N–H and O–H groups in total. The van der Waals surface area contributed by atoms with Crippen LogP contribution in [0.3, 0.4) is 0 Å². The third kappa shape index (κ3) is 4.07. The zero-order valence-corrected chi connectivity index (χ0v) is 15.9. The largest absolute Gasteiger partial charge is 0.435 e. The van der Waals surface area contributed by atoms with Crippen LogP contribution in [0.2, 0.25) is 0 Å². The standard InChI is InChI=1S/C20H23F3N4/c1-12(2)9-10-24-16-11-14(4)25-19-17(15-7-5-13(3)6-8-15)18(20(21,22)23)26-27(16)19/h5-8,11-12,24H,9-10H2,1-4H3. The second-order valence-electron chi connectivity index (χ2n) is 7.21. The number of hydrogen-bond acceptors (Lipinski definition) is 3. The zero-order valence-electron chi connectivity index (χ0n) is 15.9. The van der Waals surface area contributed by atoms with E-state index in [-0.39, 0.29) is 11.2 Å². The summed E-state index contributed by atoms with van der Waals surface area (Å²) in [5, 5.41) is 7.09. The van der Waals surface area contributed by atoms with Gasteiger partial charge in [0.25, 0.3) is 0 Å². The topological polar surface area (TPSA) is 42.2 Å². The number of rotatable bonds is 5. The summed E-state index contributed by atoms with van der Waals surface area (Å²) in [6.07, 6.45) is -3.67. The van der Waals surface area contributed by atoms with Crippen molar-refractivity contribution in [2.24, 2.45) is 5.92 Å². The highest BCUT2D eigenvalue weighted by Crippen LogP contribution is 2.39. The molecule has 4 nitrogen and oxygen atoms in total. The van der Waals surface area contributed by atoms with E-state index >= 15 is 0 Å². The SMILES string of the molecule is Cc1ccc(-c2c(C(F)(F)F)nn3c(NCCC(C)C)cc(C)nc23)cc1. The van der Waals surface area contributed by atoms with Crippen molar-refractivity contribution in [1.29, 1.82) is 0 Å². The molecule has 144 valence electrons. The zero-order chi connectivity index (χ0) is 19.8. The summed E-state index contributed by atoms with van der Waals surface area (Å²) < 4.78 is 42.4. The minimum atomic E-state index is -4.57. The van der Waals surface area contributed by atoms with Gasteiger partial charge in [-0.15, -0.1) is 0 Å². The van der Waals surface area contributed by atoms with E-state index in [9.17, 15) is 13.2 Å². The van der Waals surface area contributed by atoms with Gasteiger partial charge in [0.05, 0.1) is 5.56 Å². The maximum atomic E-state index is 13.7. The van der Waals surface area contributed by atoms with Gasteiger partial charge in [-0.2, -0.15) is 22.8 Å². The molecule has 27 heavy (non-hydrogen) atoms. The van der Waals surface area contributed by atoms with Crippen LogP contribution in [0.4, 0.5) is 19.0 Å². The normalized spacial score (nSPS) is 12.1. The Morgan fingerprint density at radius 3 is 2.37 bits per heavy atom. The molecule has 3 aromatic rings. The van der Waals surface area contributed by atoms with E-state index in [0.717, 1.165) is 12.0 Å². The Labute approximate surface area is 156 Å². The van der Waals surface area contributed by atoms with Gasteiger partial charge in [0.1, 0.15) is 5.82 Å². The third-order valence-corrected chi connectivity index (χ3v) is 4.35. The minimum Gasteiger partial charge on any atom is -0.370 e. The average molecular weight is 376 g/mol. The van der Waals surface area contributed by atoms with Gasteiger partial charge in [0.2, 0.25) is 0 Å². The summed E-state index contributed by atoms with van der Waals surface area (Å²) in [6, 6.07) is 8.65. The fourth-order valence-corrected chi connectivity index (χ4v) is 2.94. The van der Waals surface area contributed by atoms with Gasteiger partial charge in [-0.1, -0.05) is 43.7 Å². The summed E-state index contributed by atoms with van der Waals surface area (Å²) in [4.78, 5) is 4.37. The number of aromatic nitrogens is 3. The average Bonchev–Trinajstić information content (AvgIpc) is 2.95. The van der Waals surface area contributed by atoms with Gasteiger partial charge >= 0.3 is 6.18 Å². The lowest BCUT2D eigenvalue weighted by molar-refractivity contribution is -0.140. The van der Waals surface area contributed by atoms with E-state index < -0.39 is 11.9 Å². The molecule has 0 aliphatic rings. The van der Waals surface area contributed by atoms with E-state index in [1.807, 2.05) is 6.92 Å². The Morgan fingerprint density at radius 2 is 1.78 bits per heavy atom. The van der Waals surface area contributed by atoms with Crippen molar-refractivity contribution in [3.63, 3.8) is 0 Å². The van der Waals surface area contributed by atoms with Crippen LogP contribution in [-0.4, -0.2) is 21.1 Å². The van der Waals surface area contributed by atoms with E-state index in [4.69, 9.17) is 0 Å². The maximum absolute atomic E-state index is 13.7. The summed E-state index contributed by atoms with van der Waals surface area (Å²) in [5.41, 5.74) is 1.36. The smallest absolute Gasteiger partial charge is 0.370 e. The van der Waals surface area contributed by atoms with Gasteiger partial charge < -0.3 is 5.32 Å². The van der Waals surface area contributed by atoms with Crippen molar-refractivity contribution in [1.82, 2.24) is 14.6 Å². The van der Waals surface area contributed by atoms with Gasteiger partial charge in [-0.3, -0.25) is 0 Å². The first-order valence-corrected chi connectivity index (χ1v) is 8.95. The number of benzene rings is 1. The Kier molecular flexibility index (Phi) is 5.13. The van der Waals surface area contributed by atoms with Crippen molar-refractivity contribution in [3.05, 3.63) is 47.3 Å². The van der Waals surface area contributed by atoms with Crippen molar-refractivity contribution in [2.75, 3.05) is 11.9 Å². The number of anilines is 1. The highest BCUT2D eigenvalue weighted by molar-refractivity contribution is 5.81. The van der Waals surface area contributed by atoms with Crippen molar-refractivity contribution in [2.45, 2.75) is 40.3 Å². The van der Waals surface area contributed by atoms with Crippen LogP contribution in [-0.2, 0) is 6.18 Å². The van der Waals surface area contributed by atoms with Crippen LogP contribution >= 0.6 is 0 Å². The fourth-order valence-electron chi connectivity index (χ4n) is 2.94. The van der Waals surface area contributed by atoms with E-state index in [1.165, 1.54) is 4.52 Å². The molecular formula is C20H23F3N4. The minimum absolute atomic E-state index is 0.0121. The molecule has 0 amide bonds. The second-order valence-corrected chi connectivity index (χ2v) is 7.21. The molecule has 2 heterocycles. The molecule has 0 saturated heterocycles. The van der Waals surface area contributed by atoms with Crippen LogP contribution in [0.1, 0.15) is 37.2 Å². The molecule has 0 bridgehead atoms. The van der Waals surface area contributed by atoms with E-state index in [2.05, 4.69) is 29.2 Å². The van der Waals surface area contributed by atoms with Gasteiger partial charge in [0, 0.05) is 18.3 Å². The van der Waals surface area contributed by atoms with Gasteiger partial charge in [0.15, 0.2) is 11.3 Å². The van der Waals surface area contributed by atoms with Crippen LogP contribution in [0, 0.1) is 19.8 Å². The van der Waals surface area contributed by atoms with Crippen LogP contribution in [0.5, 0.6) is 0 Å². The molecule has 0 saturated carbocycles. The number of nitrogens with zero attached hydrogens (tertiary/aromatic N) is 3.